The summed E-state index contributed by atoms with van der Waals surface area (Å²) in [5, 5.41) is 0. The molecule has 0 fully saturated rings. The van der Waals surface area contributed by atoms with Gasteiger partial charge in [0, 0.05) is 17.1 Å². The van der Waals surface area contributed by atoms with E-state index in [1.54, 1.807) is 12.5 Å². The van der Waals surface area contributed by atoms with Gasteiger partial charge in [-0.3, -0.25) is 0 Å². The molecule has 0 spiro atoms. The van der Waals surface area contributed by atoms with Crippen molar-refractivity contribution in [2.24, 2.45) is 0 Å². The standard InChI is InChI=1S/C14H8OS8/c1-3-15-4-2-7(1)8-18-11-12(19-8)23-14(22-11)13-20-9-10(21-13)17-6-5-16-9/h1-4H,5-6H2. The molecule has 0 unspecified atom stereocenters. The summed E-state index contributed by atoms with van der Waals surface area (Å²) in [4.78, 5) is 0. The molecule has 0 atom stereocenters. The van der Waals surface area contributed by atoms with E-state index in [-0.39, 0.29) is 0 Å². The lowest BCUT2D eigenvalue weighted by Crippen LogP contribution is -1.88. The number of ether oxygens (including phenoxy) is 1. The fourth-order valence-corrected chi connectivity index (χ4v) is 14.6. The molecule has 5 aliphatic heterocycles. The Morgan fingerprint density at radius 2 is 1.00 bits per heavy atom. The predicted molar refractivity (Wildman–Crippen MR) is 118 cm³/mol. The molecule has 0 radical (unpaired) electrons. The maximum Gasteiger partial charge on any atom is 0.0907 e. The molecule has 0 aromatic heterocycles. The first kappa shape index (κ1) is 16.2. The van der Waals surface area contributed by atoms with Gasteiger partial charge < -0.3 is 4.74 Å². The van der Waals surface area contributed by atoms with Gasteiger partial charge in [0.1, 0.15) is 0 Å². The number of hydrogen-bond acceptors (Lipinski definition) is 9. The molecule has 0 N–H and O–H groups in total. The minimum Gasteiger partial charge on any atom is -0.473 e. The zero-order valence-corrected chi connectivity index (χ0v) is 17.9. The summed E-state index contributed by atoms with van der Waals surface area (Å²) in [7, 11) is 0. The molecular formula is C14H8OS8. The molecule has 1 nitrogen and oxygen atoms in total. The van der Waals surface area contributed by atoms with Crippen LogP contribution >= 0.6 is 94.1 Å². The van der Waals surface area contributed by atoms with E-state index in [1.165, 1.54) is 46.7 Å². The second-order valence-electron chi connectivity index (χ2n) is 4.52. The van der Waals surface area contributed by atoms with Crippen molar-refractivity contribution >= 4 is 94.1 Å². The Balaban J connectivity index is 1.32. The van der Waals surface area contributed by atoms with E-state index >= 15 is 0 Å². The van der Waals surface area contributed by atoms with Crippen molar-refractivity contribution in [3.05, 3.63) is 59.9 Å². The molecule has 5 aliphatic rings. The number of hydrogen-bond donors (Lipinski definition) is 0. The minimum absolute atomic E-state index is 1.25. The van der Waals surface area contributed by atoms with E-state index in [1.807, 2.05) is 106 Å². The molecule has 0 bridgehead atoms. The normalized spacial score (nSPS) is 26.4. The van der Waals surface area contributed by atoms with Gasteiger partial charge in [-0.25, -0.2) is 0 Å². The molecule has 0 saturated heterocycles. The van der Waals surface area contributed by atoms with Gasteiger partial charge in [0.2, 0.25) is 0 Å². The summed E-state index contributed by atoms with van der Waals surface area (Å²) in [6.07, 6.45) is 7.58. The summed E-state index contributed by atoms with van der Waals surface area (Å²) in [5.41, 5.74) is 1.26. The van der Waals surface area contributed by atoms with Crippen LogP contribution in [0.25, 0.3) is 0 Å². The highest BCUT2D eigenvalue weighted by atomic mass is 32.3. The van der Waals surface area contributed by atoms with Gasteiger partial charge in [0.15, 0.2) is 0 Å². The smallest absolute Gasteiger partial charge is 0.0907 e. The van der Waals surface area contributed by atoms with Crippen molar-refractivity contribution < 1.29 is 4.74 Å². The molecular weight excluding hydrogens is 441 g/mol. The Labute approximate surface area is 168 Å². The average Bonchev–Trinajstić information content (AvgIpc) is 3.27. The van der Waals surface area contributed by atoms with Crippen LogP contribution in [0.5, 0.6) is 0 Å². The molecule has 5 rings (SSSR count). The molecule has 9 heteroatoms. The first-order valence-electron chi connectivity index (χ1n) is 6.65. The minimum atomic E-state index is 1.25. The highest BCUT2D eigenvalue weighted by Gasteiger charge is 2.35. The van der Waals surface area contributed by atoms with Gasteiger partial charge in [-0.2, -0.15) is 0 Å². The Hall–Kier alpha value is 1.04. The van der Waals surface area contributed by atoms with E-state index in [0.717, 1.165) is 0 Å². The van der Waals surface area contributed by atoms with Gasteiger partial charge in [-0.15, -0.1) is 23.5 Å². The molecule has 0 amide bonds. The Morgan fingerprint density at radius 1 is 0.565 bits per heavy atom. The first-order valence-corrected chi connectivity index (χ1v) is 13.5. The first-order chi connectivity index (χ1) is 11.4. The Bertz CT molecular complexity index is 714. The van der Waals surface area contributed by atoms with E-state index < -0.39 is 0 Å². The van der Waals surface area contributed by atoms with Gasteiger partial charge in [-0.1, -0.05) is 70.6 Å². The lowest BCUT2D eigenvalue weighted by Gasteiger charge is -2.08. The van der Waals surface area contributed by atoms with Crippen molar-refractivity contribution in [2.45, 2.75) is 0 Å². The van der Waals surface area contributed by atoms with Gasteiger partial charge >= 0.3 is 0 Å². The lowest BCUT2D eigenvalue weighted by atomic mass is 10.3. The maximum atomic E-state index is 5.12. The highest BCUT2D eigenvalue weighted by Crippen LogP contribution is 2.71. The van der Waals surface area contributed by atoms with Crippen LogP contribution in [-0.4, -0.2) is 11.5 Å². The molecule has 0 aromatic rings. The van der Waals surface area contributed by atoms with Crippen molar-refractivity contribution in [3.8, 4) is 0 Å². The van der Waals surface area contributed by atoms with Crippen molar-refractivity contribution in [1.29, 1.82) is 0 Å². The predicted octanol–water partition coefficient (Wildman–Crippen LogP) is 7.56. The van der Waals surface area contributed by atoms with Crippen LogP contribution in [0.2, 0.25) is 0 Å². The van der Waals surface area contributed by atoms with E-state index in [4.69, 9.17) is 4.74 Å². The summed E-state index contributed by atoms with van der Waals surface area (Å²) < 4.78 is 15.4. The van der Waals surface area contributed by atoms with Crippen molar-refractivity contribution in [2.75, 3.05) is 11.5 Å². The topological polar surface area (TPSA) is 9.23 Å². The van der Waals surface area contributed by atoms with Crippen molar-refractivity contribution in [3.63, 3.8) is 0 Å². The zero-order chi connectivity index (χ0) is 15.2. The van der Waals surface area contributed by atoms with Gasteiger partial charge in [0.05, 0.1) is 42.2 Å². The largest absolute Gasteiger partial charge is 0.473 e. The van der Waals surface area contributed by atoms with Crippen LogP contribution in [0.1, 0.15) is 0 Å². The van der Waals surface area contributed by atoms with Crippen LogP contribution < -0.4 is 0 Å². The molecule has 0 saturated carbocycles. The Morgan fingerprint density at radius 3 is 1.52 bits per heavy atom. The van der Waals surface area contributed by atoms with Crippen molar-refractivity contribution in [1.82, 2.24) is 0 Å². The third-order valence-electron chi connectivity index (χ3n) is 3.05. The maximum absolute atomic E-state index is 5.12. The summed E-state index contributed by atoms with van der Waals surface area (Å²) in [6, 6.07) is 0. The lowest BCUT2D eigenvalue weighted by molar-refractivity contribution is 0.398. The van der Waals surface area contributed by atoms with Gasteiger partial charge in [0.25, 0.3) is 0 Å². The van der Waals surface area contributed by atoms with Crippen LogP contribution in [-0.2, 0) is 4.74 Å². The van der Waals surface area contributed by atoms with E-state index in [2.05, 4.69) is 0 Å². The fourth-order valence-electron chi connectivity index (χ4n) is 2.05. The third kappa shape index (κ3) is 3.25. The molecule has 23 heavy (non-hydrogen) atoms. The Kier molecular flexibility index (Phi) is 4.93. The van der Waals surface area contributed by atoms with E-state index in [0.29, 0.717) is 0 Å². The number of rotatable bonds is 0. The molecule has 118 valence electrons. The molecule has 0 aromatic carbocycles. The fraction of sp³-hybridized carbons (Fsp3) is 0.143. The third-order valence-corrected chi connectivity index (χ3v) is 15.1. The average molecular weight is 449 g/mol. The number of allylic oxidation sites excluding steroid dienone is 3. The second-order valence-corrected chi connectivity index (χ2v) is 14.7. The number of thioether (sulfide) groups is 8. The molecule has 5 heterocycles. The highest BCUT2D eigenvalue weighted by molar-refractivity contribution is 8.49. The molecule has 0 aliphatic carbocycles. The van der Waals surface area contributed by atoms with E-state index in [9.17, 15) is 0 Å². The summed E-state index contributed by atoms with van der Waals surface area (Å²) in [6.45, 7) is 0. The van der Waals surface area contributed by atoms with Crippen LogP contribution in [0.15, 0.2) is 59.9 Å². The van der Waals surface area contributed by atoms with Gasteiger partial charge in [-0.05, 0) is 12.2 Å². The van der Waals surface area contributed by atoms with Crippen LogP contribution in [0.4, 0.5) is 0 Å². The van der Waals surface area contributed by atoms with Crippen LogP contribution in [0, 0.1) is 0 Å². The monoisotopic (exact) mass is 448 g/mol. The zero-order valence-electron chi connectivity index (χ0n) is 11.4. The van der Waals surface area contributed by atoms with Crippen LogP contribution in [0.3, 0.4) is 0 Å². The summed E-state index contributed by atoms with van der Waals surface area (Å²) in [5.74, 6) is 2.50. The second kappa shape index (κ2) is 6.98. The SMILES string of the molecule is C1=CC(=C2SC3=C(S2)SC(=C2SC4=C(SCCS4)S2)S3)C=CO1. The quantitative estimate of drug-likeness (QED) is 0.368. The summed E-state index contributed by atoms with van der Waals surface area (Å²) >= 11 is 15.7.